The summed E-state index contributed by atoms with van der Waals surface area (Å²) in [7, 11) is 0. The Labute approximate surface area is 107 Å². The molecule has 1 aromatic heterocycles. The Morgan fingerprint density at radius 2 is 2.26 bits per heavy atom. The van der Waals surface area contributed by atoms with Gasteiger partial charge in [0, 0.05) is 18.6 Å². The number of pyridine rings is 1. The van der Waals surface area contributed by atoms with Crippen LogP contribution in [-0.2, 0) is 10.9 Å². The fourth-order valence-electron chi connectivity index (χ4n) is 1.73. The molecule has 1 atom stereocenters. The Morgan fingerprint density at radius 3 is 2.84 bits per heavy atom. The molecule has 0 bridgehead atoms. The number of hydrogen-bond acceptors (Lipinski definition) is 5. The zero-order valence-corrected chi connectivity index (χ0v) is 10.0. The van der Waals surface area contributed by atoms with Gasteiger partial charge in [0.2, 0.25) is 5.88 Å². The van der Waals surface area contributed by atoms with Gasteiger partial charge in [-0.25, -0.2) is 5.84 Å². The molecule has 1 saturated heterocycles. The van der Waals surface area contributed by atoms with Crippen molar-refractivity contribution in [1.29, 1.82) is 0 Å². The summed E-state index contributed by atoms with van der Waals surface area (Å²) >= 11 is 0. The third-order valence-electron chi connectivity index (χ3n) is 2.77. The third kappa shape index (κ3) is 3.71. The second kappa shape index (κ2) is 5.62. The molecule has 106 valence electrons. The number of hydrogen-bond donors (Lipinski definition) is 2. The molecule has 0 aromatic carbocycles. The van der Waals surface area contributed by atoms with Crippen molar-refractivity contribution in [3.05, 3.63) is 17.7 Å². The molecule has 5 nitrogen and oxygen atoms in total. The van der Waals surface area contributed by atoms with Crippen molar-refractivity contribution in [2.24, 2.45) is 11.8 Å². The Kier molecular flexibility index (Phi) is 4.11. The van der Waals surface area contributed by atoms with Crippen LogP contribution in [0.1, 0.15) is 12.0 Å². The Hall–Kier alpha value is -1.54. The maximum absolute atomic E-state index is 12.7. The van der Waals surface area contributed by atoms with Gasteiger partial charge >= 0.3 is 6.18 Å². The van der Waals surface area contributed by atoms with E-state index in [1.54, 1.807) is 0 Å². The molecule has 0 radical (unpaired) electrons. The molecule has 1 aromatic rings. The highest BCUT2D eigenvalue weighted by molar-refractivity contribution is 5.41. The molecule has 0 amide bonds. The van der Waals surface area contributed by atoms with Gasteiger partial charge in [-0.2, -0.15) is 18.2 Å². The molecule has 19 heavy (non-hydrogen) atoms. The van der Waals surface area contributed by atoms with Gasteiger partial charge in [0.15, 0.2) is 0 Å². The van der Waals surface area contributed by atoms with Crippen LogP contribution in [0.2, 0.25) is 0 Å². The molecule has 1 fully saturated rings. The van der Waals surface area contributed by atoms with E-state index in [0.717, 1.165) is 18.6 Å². The van der Waals surface area contributed by atoms with Crippen LogP contribution in [0.15, 0.2) is 12.1 Å². The van der Waals surface area contributed by atoms with Crippen molar-refractivity contribution in [3.63, 3.8) is 0 Å². The van der Waals surface area contributed by atoms with Crippen molar-refractivity contribution in [1.82, 2.24) is 4.98 Å². The number of ether oxygens (including phenoxy) is 2. The van der Waals surface area contributed by atoms with Crippen LogP contribution < -0.4 is 16.0 Å². The smallest absolute Gasteiger partial charge is 0.416 e. The molecule has 3 N–H and O–H groups in total. The lowest BCUT2D eigenvalue weighted by molar-refractivity contribution is -0.137. The number of halogens is 3. The minimum absolute atomic E-state index is 0.0903. The van der Waals surface area contributed by atoms with Gasteiger partial charge in [0.25, 0.3) is 0 Å². The number of hydrazine groups is 1. The lowest BCUT2D eigenvalue weighted by Crippen LogP contribution is -2.15. The topological polar surface area (TPSA) is 69.4 Å². The van der Waals surface area contributed by atoms with Gasteiger partial charge in [0.05, 0.1) is 18.8 Å². The summed E-state index contributed by atoms with van der Waals surface area (Å²) in [5.74, 6) is 5.09. The van der Waals surface area contributed by atoms with E-state index in [1.165, 1.54) is 0 Å². The number of nitrogens with zero attached hydrogens (tertiary/aromatic N) is 1. The molecule has 1 aliphatic rings. The highest BCUT2D eigenvalue weighted by Crippen LogP contribution is 2.32. The van der Waals surface area contributed by atoms with Gasteiger partial charge in [-0.3, -0.25) is 0 Å². The first kappa shape index (κ1) is 13.9. The summed E-state index contributed by atoms with van der Waals surface area (Å²) in [5.41, 5.74) is 1.24. The zero-order valence-electron chi connectivity index (χ0n) is 10.0. The molecule has 2 rings (SSSR count). The van der Waals surface area contributed by atoms with E-state index in [4.69, 9.17) is 15.3 Å². The number of nitrogens with two attached hydrogens (primary N) is 1. The third-order valence-corrected chi connectivity index (χ3v) is 2.77. The Morgan fingerprint density at radius 1 is 1.47 bits per heavy atom. The zero-order chi connectivity index (χ0) is 13.9. The molecular formula is C11H14F3N3O2. The second-order valence-electron chi connectivity index (χ2n) is 4.26. The van der Waals surface area contributed by atoms with Gasteiger partial charge in [0.1, 0.15) is 5.82 Å². The fourth-order valence-corrected chi connectivity index (χ4v) is 1.73. The second-order valence-corrected chi connectivity index (χ2v) is 4.26. The Bertz CT molecular complexity index is 434. The first-order valence-electron chi connectivity index (χ1n) is 5.75. The minimum atomic E-state index is -4.47. The molecule has 1 unspecified atom stereocenters. The standard InChI is InChI=1S/C11H14F3N3O2/c12-11(13,14)8-3-9(17-15)16-10(4-8)19-6-7-1-2-18-5-7/h3-4,7H,1-2,5-6,15H2,(H,16,17). The van der Waals surface area contributed by atoms with Crippen LogP contribution in [0.25, 0.3) is 0 Å². The predicted octanol–water partition coefficient (Wildman–Crippen LogP) is 1.80. The molecule has 1 aliphatic heterocycles. The van der Waals surface area contributed by atoms with Crippen molar-refractivity contribution < 1.29 is 22.6 Å². The van der Waals surface area contributed by atoms with Crippen LogP contribution in [0.5, 0.6) is 5.88 Å². The van der Waals surface area contributed by atoms with Crippen molar-refractivity contribution in [2.45, 2.75) is 12.6 Å². The molecule has 0 spiro atoms. The van der Waals surface area contributed by atoms with Crippen molar-refractivity contribution in [2.75, 3.05) is 25.2 Å². The largest absolute Gasteiger partial charge is 0.477 e. The average molecular weight is 277 g/mol. The average Bonchev–Trinajstić information content (AvgIpc) is 2.88. The Balaban J connectivity index is 2.10. The van der Waals surface area contributed by atoms with E-state index >= 15 is 0 Å². The normalized spacial score (nSPS) is 19.5. The summed E-state index contributed by atoms with van der Waals surface area (Å²) in [4.78, 5) is 3.83. The SMILES string of the molecule is NNc1cc(C(F)(F)F)cc(OCC2CCOC2)n1. The van der Waals surface area contributed by atoms with Crippen molar-refractivity contribution in [3.8, 4) is 5.88 Å². The highest BCUT2D eigenvalue weighted by Gasteiger charge is 2.32. The lowest BCUT2D eigenvalue weighted by atomic mass is 10.1. The fraction of sp³-hybridized carbons (Fsp3) is 0.545. The van der Waals surface area contributed by atoms with Crippen LogP contribution in [-0.4, -0.2) is 24.8 Å². The van der Waals surface area contributed by atoms with Crippen LogP contribution >= 0.6 is 0 Å². The van der Waals surface area contributed by atoms with Crippen LogP contribution in [0.4, 0.5) is 19.0 Å². The van der Waals surface area contributed by atoms with Gasteiger partial charge in [-0.15, -0.1) is 0 Å². The predicted molar refractivity (Wildman–Crippen MR) is 61.5 cm³/mol. The van der Waals surface area contributed by atoms with Crippen molar-refractivity contribution >= 4 is 5.82 Å². The number of anilines is 1. The first-order chi connectivity index (χ1) is 8.99. The first-order valence-corrected chi connectivity index (χ1v) is 5.75. The van der Waals surface area contributed by atoms with Gasteiger partial charge in [-0.05, 0) is 12.5 Å². The summed E-state index contributed by atoms with van der Waals surface area (Å²) in [5, 5.41) is 0. The number of nitrogen functional groups attached to an aromatic ring is 1. The quantitative estimate of drug-likeness (QED) is 0.648. The van der Waals surface area contributed by atoms with E-state index in [-0.39, 0.29) is 24.2 Å². The van der Waals surface area contributed by atoms with Gasteiger partial charge in [-0.1, -0.05) is 0 Å². The molecule has 8 heteroatoms. The number of nitrogens with one attached hydrogen (secondary N) is 1. The molecule has 0 aliphatic carbocycles. The van der Waals surface area contributed by atoms with E-state index in [9.17, 15) is 13.2 Å². The van der Waals surface area contributed by atoms with Crippen LogP contribution in [0.3, 0.4) is 0 Å². The summed E-state index contributed by atoms with van der Waals surface area (Å²) < 4.78 is 48.4. The van der Waals surface area contributed by atoms with Crippen LogP contribution in [0, 0.1) is 5.92 Å². The summed E-state index contributed by atoms with van der Waals surface area (Å²) in [6, 6.07) is 1.68. The minimum Gasteiger partial charge on any atom is -0.477 e. The number of rotatable bonds is 4. The summed E-state index contributed by atoms with van der Waals surface area (Å²) in [6.07, 6.45) is -3.63. The monoisotopic (exact) mass is 277 g/mol. The van der Waals surface area contributed by atoms with E-state index in [2.05, 4.69) is 10.4 Å². The molecular weight excluding hydrogens is 263 g/mol. The summed E-state index contributed by atoms with van der Waals surface area (Å²) in [6.45, 7) is 1.49. The highest BCUT2D eigenvalue weighted by atomic mass is 19.4. The van der Waals surface area contributed by atoms with E-state index in [0.29, 0.717) is 13.2 Å². The van der Waals surface area contributed by atoms with E-state index in [1.807, 2.05) is 0 Å². The molecule has 2 heterocycles. The lowest BCUT2D eigenvalue weighted by Gasteiger charge is -2.13. The maximum atomic E-state index is 12.7. The number of aromatic nitrogens is 1. The maximum Gasteiger partial charge on any atom is 0.416 e. The van der Waals surface area contributed by atoms with Gasteiger partial charge < -0.3 is 14.9 Å². The molecule has 0 saturated carbocycles. The van der Waals surface area contributed by atoms with E-state index < -0.39 is 11.7 Å². The number of alkyl halides is 3.